The Hall–Kier alpha value is -0.840. The van der Waals surface area contributed by atoms with Crippen molar-refractivity contribution in [3.05, 3.63) is 34.7 Å². The van der Waals surface area contributed by atoms with E-state index in [9.17, 15) is 4.79 Å². The van der Waals surface area contributed by atoms with E-state index in [0.29, 0.717) is 25.6 Å². The lowest BCUT2D eigenvalue weighted by molar-refractivity contribution is 0.151. The molecule has 1 heterocycles. The van der Waals surface area contributed by atoms with Crippen molar-refractivity contribution < 1.29 is 4.74 Å². The predicted octanol–water partition coefficient (Wildman–Crippen LogP) is 0.693. The van der Waals surface area contributed by atoms with Gasteiger partial charge in [-0.05, 0) is 6.07 Å². The molecule has 0 spiro atoms. The Balaban J connectivity index is 2.08. The number of ether oxygens (including phenoxy) is 1. The van der Waals surface area contributed by atoms with Crippen molar-refractivity contribution >= 4 is 11.6 Å². The molecule has 1 aromatic heterocycles. The summed E-state index contributed by atoms with van der Waals surface area (Å²) in [6.07, 6.45) is 1.79. The molecule has 16 heavy (non-hydrogen) atoms. The number of hydrogen-bond acceptors (Lipinski definition) is 3. The third-order valence-corrected chi connectivity index (χ3v) is 2.23. The molecule has 0 bridgehead atoms. The van der Waals surface area contributed by atoms with Crippen LogP contribution in [0.4, 0.5) is 0 Å². The highest BCUT2D eigenvalue weighted by Gasteiger charge is 1.93. The van der Waals surface area contributed by atoms with E-state index < -0.39 is 0 Å². The van der Waals surface area contributed by atoms with Crippen molar-refractivity contribution in [2.45, 2.75) is 6.54 Å². The van der Waals surface area contributed by atoms with E-state index in [1.165, 1.54) is 0 Å². The van der Waals surface area contributed by atoms with E-state index in [1.807, 2.05) is 6.07 Å². The molecular weight excluding hydrogens is 228 g/mol. The molecule has 0 aliphatic rings. The fourth-order valence-corrected chi connectivity index (χ4v) is 1.38. The molecule has 1 aromatic rings. The van der Waals surface area contributed by atoms with Crippen LogP contribution in [-0.2, 0) is 11.3 Å². The molecule has 0 amide bonds. The Morgan fingerprint density at radius 1 is 1.31 bits per heavy atom. The van der Waals surface area contributed by atoms with Crippen LogP contribution in [0.15, 0.2) is 29.2 Å². The first kappa shape index (κ1) is 13.2. The van der Waals surface area contributed by atoms with Crippen LogP contribution in [0.1, 0.15) is 0 Å². The number of alkyl halides is 1. The van der Waals surface area contributed by atoms with Crippen LogP contribution in [0.5, 0.6) is 0 Å². The largest absolute Gasteiger partial charge is 0.379 e. The summed E-state index contributed by atoms with van der Waals surface area (Å²) in [6, 6.07) is 5.15. The zero-order chi connectivity index (χ0) is 11.6. The average Bonchev–Trinajstić information content (AvgIpc) is 2.30. The van der Waals surface area contributed by atoms with Crippen molar-refractivity contribution in [1.82, 2.24) is 9.88 Å². The number of halogens is 1. The van der Waals surface area contributed by atoms with Crippen LogP contribution in [0, 0.1) is 0 Å². The number of hydrogen-bond donors (Lipinski definition) is 1. The summed E-state index contributed by atoms with van der Waals surface area (Å²) < 4.78 is 6.87. The second-order valence-corrected chi connectivity index (χ2v) is 3.66. The Bertz CT molecular complexity index is 341. The van der Waals surface area contributed by atoms with Gasteiger partial charge in [0.15, 0.2) is 0 Å². The Kier molecular flexibility index (Phi) is 6.88. The van der Waals surface area contributed by atoms with Crippen LogP contribution in [-0.4, -0.2) is 36.8 Å². The molecule has 0 radical (unpaired) electrons. The number of nitrogens with one attached hydrogen (secondary N) is 1. The van der Waals surface area contributed by atoms with Gasteiger partial charge in [-0.3, -0.25) is 4.79 Å². The lowest BCUT2D eigenvalue weighted by Crippen LogP contribution is -2.28. The Morgan fingerprint density at radius 3 is 2.94 bits per heavy atom. The summed E-state index contributed by atoms with van der Waals surface area (Å²) in [6.45, 7) is 3.44. The van der Waals surface area contributed by atoms with Gasteiger partial charge in [0.2, 0.25) is 0 Å². The van der Waals surface area contributed by atoms with Gasteiger partial charge in [0.25, 0.3) is 5.56 Å². The fourth-order valence-electron chi connectivity index (χ4n) is 1.27. The van der Waals surface area contributed by atoms with Gasteiger partial charge in [0, 0.05) is 37.8 Å². The summed E-state index contributed by atoms with van der Waals surface area (Å²) in [5, 5.41) is 3.19. The van der Waals surface area contributed by atoms with Crippen molar-refractivity contribution in [2.75, 3.05) is 32.2 Å². The Labute approximate surface area is 100 Å². The van der Waals surface area contributed by atoms with E-state index in [1.54, 1.807) is 22.9 Å². The first-order valence-electron chi connectivity index (χ1n) is 5.34. The molecule has 0 aliphatic carbocycles. The molecule has 4 nitrogen and oxygen atoms in total. The number of rotatable bonds is 8. The van der Waals surface area contributed by atoms with E-state index >= 15 is 0 Å². The maximum Gasteiger partial charge on any atom is 0.250 e. The van der Waals surface area contributed by atoms with Crippen LogP contribution in [0.2, 0.25) is 0 Å². The molecule has 0 atom stereocenters. The van der Waals surface area contributed by atoms with Gasteiger partial charge in [-0.15, -0.1) is 11.6 Å². The van der Waals surface area contributed by atoms with Crippen LogP contribution in [0.25, 0.3) is 0 Å². The quantitative estimate of drug-likeness (QED) is 0.541. The van der Waals surface area contributed by atoms with Crippen molar-refractivity contribution in [3.63, 3.8) is 0 Å². The van der Waals surface area contributed by atoms with Gasteiger partial charge in [-0.2, -0.15) is 0 Å². The van der Waals surface area contributed by atoms with Gasteiger partial charge in [-0.25, -0.2) is 0 Å². The van der Waals surface area contributed by atoms with Gasteiger partial charge in [0.1, 0.15) is 0 Å². The third kappa shape index (κ3) is 5.30. The molecule has 0 saturated heterocycles. The smallest absolute Gasteiger partial charge is 0.250 e. The van der Waals surface area contributed by atoms with Gasteiger partial charge >= 0.3 is 0 Å². The zero-order valence-corrected chi connectivity index (χ0v) is 9.95. The molecule has 0 fully saturated rings. The van der Waals surface area contributed by atoms with Crippen molar-refractivity contribution in [1.29, 1.82) is 0 Å². The molecule has 1 rings (SSSR count). The SMILES string of the molecule is O=c1ccccn1CCNCCOCCCl. The molecule has 1 N–H and O–H groups in total. The van der Waals surface area contributed by atoms with Crippen molar-refractivity contribution in [2.24, 2.45) is 0 Å². The van der Waals surface area contributed by atoms with Crippen LogP contribution >= 0.6 is 11.6 Å². The highest BCUT2D eigenvalue weighted by Crippen LogP contribution is 1.81. The van der Waals surface area contributed by atoms with Crippen molar-refractivity contribution in [3.8, 4) is 0 Å². The third-order valence-electron chi connectivity index (χ3n) is 2.07. The lowest BCUT2D eigenvalue weighted by atomic mass is 10.4. The highest BCUT2D eigenvalue weighted by atomic mass is 35.5. The number of nitrogens with zero attached hydrogens (tertiary/aromatic N) is 1. The average molecular weight is 245 g/mol. The minimum atomic E-state index is 0.0303. The number of aromatic nitrogens is 1. The highest BCUT2D eigenvalue weighted by molar-refractivity contribution is 6.17. The molecule has 0 aliphatic heterocycles. The summed E-state index contributed by atoms with van der Waals surface area (Å²) in [4.78, 5) is 11.3. The Morgan fingerprint density at radius 2 is 2.19 bits per heavy atom. The topological polar surface area (TPSA) is 43.3 Å². The molecular formula is C11H17ClN2O2. The van der Waals surface area contributed by atoms with E-state index in [0.717, 1.165) is 13.1 Å². The molecule has 0 aromatic carbocycles. The van der Waals surface area contributed by atoms with Gasteiger partial charge < -0.3 is 14.6 Å². The second kappa shape index (κ2) is 8.33. The zero-order valence-electron chi connectivity index (χ0n) is 9.19. The fraction of sp³-hybridized carbons (Fsp3) is 0.545. The summed E-state index contributed by atoms with van der Waals surface area (Å²) >= 11 is 5.46. The first-order chi connectivity index (χ1) is 7.84. The van der Waals surface area contributed by atoms with E-state index in [-0.39, 0.29) is 5.56 Å². The minimum Gasteiger partial charge on any atom is -0.379 e. The maximum atomic E-state index is 11.3. The molecule has 0 saturated carbocycles. The van der Waals surface area contributed by atoms with Crippen LogP contribution in [0.3, 0.4) is 0 Å². The maximum absolute atomic E-state index is 11.3. The standard InChI is InChI=1S/C11H17ClN2O2/c12-4-9-16-10-6-13-5-8-14-7-2-1-3-11(14)15/h1-3,7,13H,4-6,8-10H2. The van der Waals surface area contributed by atoms with Gasteiger partial charge in [0.05, 0.1) is 13.2 Å². The molecule has 90 valence electrons. The van der Waals surface area contributed by atoms with Gasteiger partial charge in [-0.1, -0.05) is 6.07 Å². The summed E-state index contributed by atoms with van der Waals surface area (Å²) in [5.41, 5.74) is 0.0303. The minimum absolute atomic E-state index is 0.0303. The summed E-state index contributed by atoms with van der Waals surface area (Å²) in [7, 11) is 0. The first-order valence-corrected chi connectivity index (χ1v) is 5.88. The van der Waals surface area contributed by atoms with E-state index in [2.05, 4.69) is 5.32 Å². The normalized spacial score (nSPS) is 10.6. The predicted molar refractivity (Wildman–Crippen MR) is 65.1 cm³/mol. The molecule has 5 heteroatoms. The van der Waals surface area contributed by atoms with Crippen LogP contribution < -0.4 is 10.9 Å². The monoisotopic (exact) mass is 244 g/mol. The second-order valence-electron chi connectivity index (χ2n) is 3.28. The van der Waals surface area contributed by atoms with E-state index in [4.69, 9.17) is 16.3 Å². The number of pyridine rings is 1. The lowest BCUT2D eigenvalue weighted by Gasteiger charge is -2.07. The summed E-state index contributed by atoms with van der Waals surface area (Å²) in [5.74, 6) is 0.527. The molecule has 0 unspecified atom stereocenters.